The molecular weight excluding hydrogens is 260 g/mol. The number of benzene rings is 2. The van der Waals surface area contributed by atoms with Crippen molar-refractivity contribution in [3.05, 3.63) is 77.9 Å². The standard InChI is InChI=1S/C19H20O2/c1-16(20)7-5-6-8-17-11-13-19(14-12-17)21-15-18-9-3-2-4-10-18/h2-5,7,9-14H,6,8,15H2,1H3/b7-5+. The van der Waals surface area contributed by atoms with Crippen molar-refractivity contribution in [3.8, 4) is 5.75 Å². The number of carbonyl (C=O) groups is 1. The molecule has 0 unspecified atom stereocenters. The van der Waals surface area contributed by atoms with Crippen LogP contribution in [-0.4, -0.2) is 5.78 Å². The molecule has 21 heavy (non-hydrogen) atoms. The molecule has 2 aromatic rings. The van der Waals surface area contributed by atoms with Gasteiger partial charge in [-0.25, -0.2) is 0 Å². The van der Waals surface area contributed by atoms with Gasteiger partial charge in [0.05, 0.1) is 0 Å². The minimum atomic E-state index is 0.0969. The topological polar surface area (TPSA) is 26.3 Å². The van der Waals surface area contributed by atoms with Crippen molar-refractivity contribution >= 4 is 5.78 Å². The summed E-state index contributed by atoms with van der Waals surface area (Å²) in [5.41, 5.74) is 2.41. The van der Waals surface area contributed by atoms with Crippen LogP contribution in [0.25, 0.3) is 0 Å². The highest BCUT2D eigenvalue weighted by molar-refractivity contribution is 5.87. The van der Waals surface area contributed by atoms with E-state index in [0.29, 0.717) is 6.61 Å². The van der Waals surface area contributed by atoms with Crippen molar-refractivity contribution in [2.75, 3.05) is 0 Å². The minimum absolute atomic E-state index is 0.0969. The zero-order valence-electron chi connectivity index (χ0n) is 12.3. The zero-order chi connectivity index (χ0) is 14.9. The van der Waals surface area contributed by atoms with Crippen LogP contribution in [0.3, 0.4) is 0 Å². The maximum atomic E-state index is 10.8. The lowest BCUT2D eigenvalue weighted by atomic mass is 10.1. The van der Waals surface area contributed by atoms with Crippen LogP contribution in [-0.2, 0) is 17.8 Å². The molecular formula is C19H20O2. The van der Waals surface area contributed by atoms with Crippen molar-refractivity contribution in [1.82, 2.24) is 0 Å². The molecule has 0 atom stereocenters. The number of rotatable bonds is 7. The summed E-state index contributed by atoms with van der Waals surface area (Å²) in [6, 6.07) is 18.3. The average molecular weight is 280 g/mol. The van der Waals surface area contributed by atoms with Crippen LogP contribution in [0, 0.1) is 0 Å². The van der Waals surface area contributed by atoms with Gasteiger partial charge in [0.25, 0.3) is 0 Å². The molecule has 2 heteroatoms. The highest BCUT2D eigenvalue weighted by Crippen LogP contribution is 2.15. The fourth-order valence-corrected chi connectivity index (χ4v) is 1.99. The predicted octanol–water partition coefficient (Wildman–Crippen LogP) is 4.34. The van der Waals surface area contributed by atoms with E-state index in [-0.39, 0.29) is 5.78 Å². The Morgan fingerprint density at radius 2 is 1.71 bits per heavy atom. The first-order valence-electron chi connectivity index (χ1n) is 7.17. The summed E-state index contributed by atoms with van der Waals surface area (Å²) >= 11 is 0. The minimum Gasteiger partial charge on any atom is -0.489 e. The number of ketones is 1. The summed E-state index contributed by atoms with van der Waals surface area (Å²) in [4.78, 5) is 10.8. The average Bonchev–Trinajstić information content (AvgIpc) is 2.51. The van der Waals surface area contributed by atoms with Crippen molar-refractivity contribution in [2.24, 2.45) is 0 Å². The molecule has 108 valence electrons. The molecule has 0 aliphatic rings. The van der Waals surface area contributed by atoms with Gasteiger partial charge in [-0.05, 0) is 49.1 Å². The van der Waals surface area contributed by atoms with Gasteiger partial charge in [0.1, 0.15) is 12.4 Å². The third kappa shape index (κ3) is 5.65. The fraction of sp³-hybridized carbons (Fsp3) is 0.211. The van der Waals surface area contributed by atoms with E-state index in [0.717, 1.165) is 24.2 Å². The predicted molar refractivity (Wildman–Crippen MR) is 85.4 cm³/mol. The molecule has 0 N–H and O–H groups in total. The summed E-state index contributed by atoms with van der Waals surface area (Å²) in [5.74, 6) is 0.974. The molecule has 2 rings (SSSR count). The van der Waals surface area contributed by atoms with Gasteiger partial charge in [-0.1, -0.05) is 48.5 Å². The number of allylic oxidation sites excluding steroid dienone is 2. The summed E-state index contributed by atoms with van der Waals surface area (Å²) in [6.07, 6.45) is 5.35. The molecule has 0 aromatic heterocycles. The van der Waals surface area contributed by atoms with E-state index >= 15 is 0 Å². The Morgan fingerprint density at radius 3 is 2.38 bits per heavy atom. The van der Waals surface area contributed by atoms with Gasteiger partial charge in [0.2, 0.25) is 0 Å². The molecule has 2 nitrogen and oxygen atoms in total. The number of carbonyl (C=O) groups excluding carboxylic acids is 1. The highest BCUT2D eigenvalue weighted by atomic mass is 16.5. The van der Waals surface area contributed by atoms with E-state index in [1.165, 1.54) is 5.56 Å². The van der Waals surface area contributed by atoms with E-state index < -0.39 is 0 Å². The zero-order valence-corrected chi connectivity index (χ0v) is 12.3. The number of aryl methyl sites for hydroxylation is 1. The SMILES string of the molecule is CC(=O)/C=C/CCc1ccc(OCc2ccccc2)cc1. The number of hydrogen-bond donors (Lipinski definition) is 0. The van der Waals surface area contributed by atoms with Crippen molar-refractivity contribution < 1.29 is 9.53 Å². The van der Waals surface area contributed by atoms with E-state index in [2.05, 4.69) is 24.3 Å². The number of ether oxygens (including phenoxy) is 1. The van der Waals surface area contributed by atoms with Crippen molar-refractivity contribution in [2.45, 2.75) is 26.4 Å². The molecule has 0 aliphatic heterocycles. The molecule has 0 amide bonds. The second-order valence-electron chi connectivity index (χ2n) is 4.97. The Hall–Kier alpha value is -2.35. The molecule has 0 saturated carbocycles. The van der Waals surface area contributed by atoms with Crippen LogP contribution in [0.5, 0.6) is 5.75 Å². The van der Waals surface area contributed by atoms with Gasteiger partial charge in [0, 0.05) is 0 Å². The molecule has 0 bridgehead atoms. The van der Waals surface area contributed by atoms with E-state index in [4.69, 9.17) is 4.74 Å². The molecule has 0 saturated heterocycles. The smallest absolute Gasteiger partial charge is 0.152 e. The fourth-order valence-electron chi connectivity index (χ4n) is 1.99. The molecule has 0 aliphatic carbocycles. The highest BCUT2D eigenvalue weighted by Gasteiger charge is 1.97. The van der Waals surface area contributed by atoms with Crippen LogP contribution in [0.1, 0.15) is 24.5 Å². The van der Waals surface area contributed by atoms with E-state index in [1.54, 1.807) is 13.0 Å². The van der Waals surface area contributed by atoms with Crippen LogP contribution in [0.4, 0.5) is 0 Å². The van der Waals surface area contributed by atoms with Crippen molar-refractivity contribution in [3.63, 3.8) is 0 Å². The van der Waals surface area contributed by atoms with Crippen molar-refractivity contribution in [1.29, 1.82) is 0 Å². The van der Waals surface area contributed by atoms with Gasteiger partial charge in [-0.2, -0.15) is 0 Å². The lowest BCUT2D eigenvalue weighted by molar-refractivity contribution is -0.112. The van der Waals surface area contributed by atoms with Crippen LogP contribution < -0.4 is 4.74 Å². The lowest BCUT2D eigenvalue weighted by Gasteiger charge is -2.07. The Kier molecular flexibility index (Phi) is 5.77. The molecule has 0 fully saturated rings. The van der Waals surface area contributed by atoms with Gasteiger partial charge in [-0.15, -0.1) is 0 Å². The molecule has 0 radical (unpaired) electrons. The summed E-state index contributed by atoms with van der Waals surface area (Å²) in [6.45, 7) is 2.15. The first-order chi connectivity index (χ1) is 10.2. The molecule has 0 spiro atoms. The van der Waals surface area contributed by atoms with Crippen LogP contribution in [0.15, 0.2) is 66.7 Å². The van der Waals surface area contributed by atoms with Gasteiger partial charge in [-0.3, -0.25) is 4.79 Å². The van der Waals surface area contributed by atoms with Crippen LogP contribution >= 0.6 is 0 Å². The quantitative estimate of drug-likeness (QED) is 0.705. The third-order valence-corrected chi connectivity index (χ3v) is 3.12. The molecule has 0 heterocycles. The maximum absolute atomic E-state index is 10.8. The third-order valence-electron chi connectivity index (χ3n) is 3.12. The van der Waals surface area contributed by atoms with Gasteiger partial charge in [0.15, 0.2) is 5.78 Å². The summed E-state index contributed by atoms with van der Waals surface area (Å²) < 4.78 is 5.75. The van der Waals surface area contributed by atoms with E-state index in [1.807, 2.05) is 36.4 Å². The number of hydrogen-bond acceptors (Lipinski definition) is 2. The second-order valence-corrected chi connectivity index (χ2v) is 4.97. The first kappa shape index (κ1) is 15.0. The normalized spacial score (nSPS) is 10.7. The second kappa shape index (κ2) is 8.05. The van der Waals surface area contributed by atoms with Gasteiger partial charge < -0.3 is 4.74 Å². The Balaban J connectivity index is 1.80. The Bertz CT molecular complexity index is 583. The maximum Gasteiger partial charge on any atom is 0.152 e. The summed E-state index contributed by atoms with van der Waals surface area (Å²) in [5, 5.41) is 0. The molecule has 2 aromatic carbocycles. The Morgan fingerprint density at radius 1 is 1.00 bits per heavy atom. The lowest BCUT2D eigenvalue weighted by Crippen LogP contribution is -1.95. The summed E-state index contributed by atoms with van der Waals surface area (Å²) in [7, 11) is 0. The first-order valence-corrected chi connectivity index (χ1v) is 7.17. The Labute approximate surface area is 126 Å². The van der Waals surface area contributed by atoms with Crippen LogP contribution in [0.2, 0.25) is 0 Å². The van der Waals surface area contributed by atoms with Gasteiger partial charge >= 0.3 is 0 Å². The van der Waals surface area contributed by atoms with E-state index in [9.17, 15) is 4.79 Å². The largest absolute Gasteiger partial charge is 0.489 e. The monoisotopic (exact) mass is 280 g/mol.